The summed E-state index contributed by atoms with van der Waals surface area (Å²) in [5, 5.41) is 21.0. The summed E-state index contributed by atoms with van der Waals surface area (Å²) in [6.07, 6.45) is 2.13. The smallest absolute Gasteiger partial charge is 0.333 e. The number of nitrogens with zero attached hydrogens (tertiary/aromatic N) is 3. The summed E-state index contributed by atoms with van der Waals surface area (Å²) in [6, 6.07) is -0.330. The first-order valence-corrected chi connectivity index (χ1v) is 3.78. The zero-order chi connectivity index (χ0) is 9.84. The van der Waals surface area contributed by atoms with Crippen LogP contribution in [0.3, 0.4) is 0 Å². The van der Waals surface area contributed by atoms with E-state index in [0.29, 0.717) is 6.42 Å². The van der Waals surface area contributed by atoms with E-state index in [0.717, 1.165) is 0 Å². The summed E-state index contributed by atoms with van der Waals surface area (Å²) in [5.41, 5.74) is 8.11. The highest BCUT2D eigenvalue weighted by molar-refractivity contribution is 5.72. The molecule has 0 heterocycles. The van der Waals surface area contributed by atoms with E-state index in [9.17, 15) is 4.79 Å². The Balaban J connectivity index is 2.56. The summed E-state index contributed by atoms with van der Waals surface area (Å²) in [6.45, 7) is 0. The highest BCUT2D eigenvalue weighted by Crippen LogP contribution is 2.23. The molecule has 0 radical (unpaired) electrons. The molecule has 0 bridgehead atoms. The molecule has 13 heavy (non-hydrogen) atoms. The molecular formula is C7H9N3O3. The SMILES string of the molecule is [N-]=[N+]=NC1C=CC(C(O)C(=O)O)C1. The van der Waals surface area contributed by atoms with Crippen LogP contribution in [0.5, 0.6) is 0 Å². The van der Waals surface area contributed by atoms with Crippen molar-refractivity contribution in [3.63, 3.8) is 0 Å². The molecule has 0 aromatic carbocycles. The fraction of sp³-hybridized carbons (Fsp3) is 0.571. The molecule has 0 aromatic rings. The van der Waals surface area contributed by atoms with Crippen molar-refractivity contribution in [2.75, 3.05) is 0 Å². The Morgan fingerprint density at radius 2 is 2.38 bits per heavy atom. The maximum Gasteiger partial charge on any atom is 0.333 e. The summed E-state index contributed by atoms with van der Waals surface area (Å²) in [4.78, 5) is 13.0. The molecule has 6 heteroatoms. The first kappa shape index (κ1) is 9.57. The van der Waals surface area contributed by atoms with Crippen molar-refractivity contribution in [1.29, 1.82) is 0 Å². The molecule has 0 spiro atoms. The Morgan fingerprint density at radius 3 is 2.92 bits per heavy atom. The quantitative estimate of drug-likeness (QED) is 0.291. The molecule has 0 fully saturated rings. The largest absolute Gasteiger partial charge is 0.479 e. The maximum atomic E-state index is 10.4. The number of aliphatic hydroxyl groups is 1. The predicted molar refractivity (Wildman–Crippen MR) is 43.8 cm³/mol. The monoisotopic (exact) mass is 183 g/mol. The Morgan fingerprint density at radius 1 is 1.69 bits per heavy atom. The molecule has 1 aliphatic carbocycles. The van der Waals surface area contributed by atoms with E-state index in [1.165, 1.54) is 0 Å². The molecule has 1 rings (SSSR count). The van der Waals surface area contributed by atoms with Crippen molar-refractivity contribution < 1.29 is 15.0 Å². The van der Waals surface area contributed by atoms with Crippen LogP contribution in [-0.2, 0) is 4.79 Å². The predicted octanol–water partition coefficient (Wildman–Crippen LogP) is 0.687. The minimum atomic E-state index is -1.41. The highest BCUT2D eigenvalue weighted by Gasteiger charge is 2.28. The zero-order valence-corrected chi connectivity index (χ0v) is 6.74. The molecule has 0 aromatic heterocycles. The van der Waals surface area contributed by atoms with Crippen LogP contribution in [0.4, 0.5) is 0 Å². The number of carboxylic acid groups (broad SMARTS) is 1. The van der Waals surface area contributed by atoms with Crippen LogP contribution in [0, 0.1) is 5.92 Å². The molecule has 3 unspecified atom stereocenters. The van der Waals surface area contributed by atoms with E-state index < -0.39 is 18.0 Å². The molecular weight excluding hydrogens is 174 g/mol. The maximum absolute atomic E-state index is 10.4. The van der Waals surface area contributed by atoms with Gasteiger partial charge in [-0.15, -0.1) is 0 Å². The number of rotatable bonds is 3. The van der Waals surface area contributed by atoms with Gasteiger partial charge in [-0.25, -0.2) is 4.79 Å². The normalized spacial score (nSPS) is 28.1. The third-order valence-electron chi connectivity index (χ3n) is 1.95. The Kier molecular flexibility index (Phi) is 2.89. The van der Waals surface area contributed by atoms with Gasteiger partial charge in [0, 0.05) is 10.8 Å². The van der Waals surface area contributed by atoms with Crippen LogP contribution in [0.2, 0.25) is 0 Å². The van der Waals surface area contributed by atoms with E-state index >= 15 is 0 Å². The van der Waals surface area contributed by atoms with E-state index in [1.54, 1.807) is 12.2 Å². The molecule has 0 saturated carbocycles. The van der Waals surface area contributed by atoms with Crippen molar-refractivity contribution in [2.45, 2.75) is 18.6 Å². The van der Waals surface area contributed by atoms with Crippen LogP contribution in [0.15, 0.2) is 17.3 Å². The summed E-state index contributed by atoms with van der Waals surface area (Å²) in [7, 11) is 0. The topological polar surface area (TPSA) is 106 Å². The number of carboxylic acids is 1. The molecule has 2 N–H and O–H groups in total. The van der Waals surface area contributed by atoms with Crippen LogP contribution in [-0.4, -0.2) is 28.3 Å². The van der Waals surface area contributed by atoms with Gasteiger partial charge in [-0.1, -0.05) is 17.3 Å². The van der Waals surface area contributed by atoms with Crippen LogP contribution < -0.4 is 0 Å². The van der Waals surface area contributed by atoms with Gasteiger partial charge in [-0.2, -0.15) is 0 Å². The summed E-state index contributed by atoms with van der Waals surface area (Å²) in [5.74, 6) is -1.70. The van der Waals surface area contributed by atoms with Crippen LogP contribution >= 0.6 is 0 Å². The summed E-state index contributed by atoms with van der Waals surface area (Å²) >= 11 is 0. The molecule has 70 valence electrons. The minimum Gasteiger partial charge on any atom is -0.479 e. The van der Waals surface area contributed by atoms with Crippen molar-refractivity contribution in [1.82, 2.24) is 0 Å². The van der Waals surface area contributed by atoms with Gasteiger partial charge in [-0.3, -0.25) is 0 Å². The molecule has 1 aliphatic rings. The Labute approximate surface area is 74.1 Å². The van der Waals surface area contributed by atoms with Gasteiger partial charge < -0.3 is 10.2 Å². The standard InChI is InChI=1S/C7H9N3O3/c8-10-9-5-2-1-4(3-5)6(11)7(12)13/h1-2,4-6,11H,3H2,(H,12,13). The Hall–Kier alpha value is -1.52. The molecule has 3 atom stereocenters. The lowest BCUT2D eigenvalue weighted by Crippen LogP contribution is -2.27. The lowest BCUT2D eigenvalue weighted by Gasteiger charge is -2.11. The summed E-state index contributed by atoms with van der Waals surface area (Å²) < 4.78 is 0. The second-order valence-electron chi connectivity index (χ2n) is 2.84. The van der Waals surface area contributed by atoms with Crippen molar-refractivity contribution in [3.05, 3.63) is 22.6 Å². The van der Waals surface area contributed by atoms with Gasteiger partial charge >= 0.3 is 5.97 Å². The average molecular weight is 183 g/mol. The first-order valence-electron chi connectivity index (χ1n) is 3.78. The fourth-order valence-electron chi connectivity index (χ4n) is 1.28. The number of aliphatic hydroxyl groups excluding tert-OH is 1. The van der Waals surface area contributed by atoms with Gasteiger partial charge in [0.2, 0.25) is 0 Å². The average Bonchev–Trinajstić information content (AvgIpc) is 2.52. The second kappa shape index (κ2) is 3.93. The second-order valence-corrected chi connectivity index (χ2v) is 2.84. The number of azide groups is 1. The number of hydrogen-bond acceptors (Lipinski definition) is 3. The molecule has 6 nitrogen and oxygen atoms in total. The third-order valence-corrected chi connectivity index (χ3v) is 1.95. The third kappa shape index (κ3) is 2.21. The highest BCUT2D eigenvalue weighted by atomic mass is 16.4. The van der Waals surface area contributed by atoms with Gasteiger partial charge in [0.05, 0.1) is 6.04 Å². The fourth-order valence-corrected chi connectivity index (χ4v) is 1.28. The van der Waals surface area contributed by atoms with Crippen molar-refractivity contribution >= 4 is 5.97 Å². The van der Waals surface area contributed by atoms with Crippen molar-refractivity contribution in [3.8, 4) is 0 Å². The molecule has 0 saturated heterocycles. The number of carbonyl (C=O) groups is 1. The number of aliphatic carboxylic acids is 1. The van der Waals surface area contributed by atoms with E-state index in [-0.39, 0.29) is 6.04 Å². The van der Waals surface area contributed by atoms with E-state index in [4.69, 9.17) is 15.7 Å². The minimum absolute atomic E-state index is 0.330. The van der Waals surface area contributed by atoms with Gasteiger partial charge in [0.15, 0.2) is 6.10 Å². The molecule has 0 amide bonds. The molecule has 0 aliphatic heterocycles. The van der Waals surface area contributed by atoms with E-state index in [2.05, 4.69) is 10.0 Å². The number of hydrogen-bond donors (Lipinski definition) is 2. The van der Waals surface area contributed by atoms with Gasteiger partial charge in [0.1, 0.15) is 0 Å². The van der Waals surface area contributed by atoms with Gasteiger partial charge in [0.25, 0.3) is 0 Å². The lowest BCUT2D eigenvalue weighted by atomic mass is 10.0. The van der Waals surface area contributed by atoms with E-state index in [1.807, 2.05) is 0 Å². The van der Waals surface area contributed by atoms with Crippen molar-refractivity contribution in [2.24, 2.45) is 11.0 Å². The van der Waals surface area contributed by atoms with Crippen LogP contribution in [0.1, 0.15) is 6.42 Å². The lowest BCUT2D eigenvalue weighted by molar-refractivity contribution is -0.148. The van der Waals surface area contributed by atoms with Crippen LogP contribution in [0.25, 0.3) is 10.4 Å². The Bertz CT molecular complexity index is 283. The van der Waals surface area contributed by atoms with Gasteiger partial charge in [-0.05, 0) is 12.0 Å². The zero-order valence-electron chi connectivity index (χ0n) is 6.74. The first-order chi connectivity index (χ1) is 6.15.